The highest BCUT2D eigenvalue weighted by atomic mass is 32.2. The van der Waals surface area contributed by atoms with Gasteiger partial charge in [-0.25, -0.2) is 0 Å². The van der Waals surface area contributed by atoms with E-state index in [2.05, 4.69) is 4.40 Å². The normalized spacial score (nSPS) is 19.1. The Hall–Kier alpha value is -3.07. The first kappa shape index (κ1) is 21.8. The maximum absolute atomic E-state index is 13.3. The highest BCUT2D eigenvalue weighted by Crippen LogP contribution is 2.35. The number of fused-ring (bicyclic) bond motifs is 2. The van der Waals surface area contributed by atoms with Crippen molar-refractivity contribution in [1.82, 2.24) is 9.80 Å². The molecule has 0 bridgehead atoms. The third-order valence-electron chi connectivity index (χ3n) is 6.46. The van der Waals surface area contributed by atoms with E-state index in [4.69, 9.17) is 9.47 Å². The van der Waals surface area contributed by atoms with Gasteiger partial charge in [0, 0.05) is 43.2 Å². The Morgan fingerprint density at radius 2 is 1.85 bits per heavy atom. The number of piperidine rings is 1. The summed E-state index contributed by atoms with van der Waals surface area (Å²) in [5.74, 6) is 1.96. The highest BCUT2D eigenvalue weighted by molar-refractivity contribution is 7.90. The average molecular weight is 470 g/mol. The largest absolute Gasteiger partial charge is 0.486 e. The van der Waals surface area contributed by atoms with Crippen molar-refractivity contribution in [3.8, 4) is 11.5 Å². The molecule has 3 aliphatic heterocycles. The molecule has 0 N–H and O–H groups in total. The van der Waals surface area contributed by atoms with Crippen LogP contribution in [0.1, 0.15) is 30.9 Å². The smallest absolute Gasteiger partial charge is 0.285 e. The number of hydrogen-bond acceptors (Lipinski definition) is 6. The molecule has 3 aliphatic rings. The summed E-state index contributed by atoms with van der Waals surface area (Å²) in [6.45, 7) is 5.27. The van der Waals surface area contributed by atoms with Crippen LogP contribution in [0.5, 0.6) is 11.5 Å². The number of amides is 1. The second-order valence-electron chi connectivity index (χ2n) is 8.44. The second kappa shape index (κ2) is 8.70. The predicted octanol–water partition coefficient (Wildman–Crippen LogP) is 2.67. The van der Waals surface area contributed by atoms with Crippen molar-refractivity contribution < 1.29 is 22.7 Å². The van der Waals surface area contributed by atoms with Crippen LogP contribution in [0.4, 0.5) is 0 Å². The van der Waals surface area contributed by atoms with Gasteiger partial charge in [0.05, 0.1) is 0 Å². The zero-order chi connectivity index (χ0) is 23.0. The van der Waals surface area contributed by atoms with Crippen LogP contribution in [0.3, 0.4) is 0 Å². The van der Waals surface area contributed by atoms with Crippen LogP contribution < -0.4 is 9.47 Å². The zero-order valence-electron chi connectivity index (χ0n) is 18.6. The van der Waals surface area contributed by atoms with Gasteiger partial charge in [0.2, 0.25) is 5.91 Å². The SMILES string of the molecule is CCN(Cc1cccc2c1OCCO2)C(=O)C1CCN(C2=NS(=O)(=O)c3ccccc32)CC1. The molecule has 0 radical (unpaired) electrons. The number of rotatable bonds is 4. The fourth-order valence-corrected chi connectivity index (χ4v) is 5.95. The van der Waals surface area contributed by atoms with Crippen LogP contribution in [0.25, 0.3) is 0 Å². The maximum atomic E-state index is 13.3. The molecule has 0 atom stereocenters. The minimum atomic E-state index is -3.64. The Morgan fingerprint density at radius 1 is 1.09 bits per heavy atom. The van der Waals surface area contributed by atoms with Gasteiger partial charge in [-0.1, -0.05) is 24.3 Å². The number of para-hydroxylation sites is 1. The molecule has 33 heavy (non-hydrogen) atoms. The molecular weight excluding hydrogens is 442 g/mol. The molecule has 0 aliphatic carbocycles. The van der Waals surface area contributed by atoms with Gasteiger partial charge < -0.3 is 19.3 Å². The van der Waals surface area contributed by atoms with E-state index < -0.39 is 10.0 Å². The molecule has 1 amide bonds. The van der Waals surface area contributed by atoms with Crippen LogP contribution in [0.2, 0.25) is 0 Å². The number of carbonyl (C=O) groups is 1. The van der Waals surface area contributed by atoms with Crippen molar-refractivity contribution in [2.75, 3.05) is 32.8 Å². The van der Waals surface area contributed by atoms with Crippen molar-refractivity contribution in [2.24, 2.45) is 10.3 Å². The van der Waals surface area contributed by atoms with Crippen LogP contribution in [0.15, 0.2) is 51.8 Å². The summed E-state index contributed by atoms with van der Waals surface area (Å²) in [7, 11) is -3.64. The average Bonchev–Trinajstić information content (AvgIpc) is 3.13. The van der Waals surface area contributed by atoms with E-state index in [9.17, 15) is 13.2 Å². The monoisotopic (exact) mass is 469 g/mol. The fourth-order valence-electron chi connectivity index (χ4n) is 4.72. The molecule has 0 unspecified atom stereocenters. The van der Waals surface area contributed by atoms with Crippen molar-refractivity contribution in [3.63, 3.8) is 0 Å². The van der Waals surface area contributed by atoms with Crippen LogP contribution in [-0.4, -0.2) is 62.8 Å². The summed E-state index contributed by atoms with van der Waals surface area (Å²) in [5.41, 5.74) is 1.59. The number of hydrogen-bond donors (Lipinski definition) is 0. The lowest BCUT2D eigenvalue weighted by Gasteiger charge is -2.35. The Balaban J connectivity index is 1.26. The lowest BCUT2D eigenvalue weighted by Crippen LogP contribution is -2.44. The molecule has 0 aromatic heterocycles. The van der Waals surface area contributed by atoms with Gasteiger partial charge in [-0.05, 0) is 38.0 Å². The molecule has 2 aromatic rings. The number of nitrogens with zero attached hydrogens (tertiary/aromatic N) is 3. The van der Waals surface area contributed by atoms with Crippen LogP contribution >= 0.6 is 0 Å². The Labute approximate surface area is 193 Å². The number of ether oxygens (including phenoxy) is 2. The van der Waals surface area contributed by atoms with Gasteiger partial charge in [-0.2, -0.15) is 8.42 Å². The second-order valence-corrected chi connectivity index (χ2v) is 10.0. The lowest BCUT2D eigenvalue weighted by atomic mass is 9.94. The summed E-state index contributed by atoms with van der Waals surface area (Å²) >= 11 is 0. The molecule has 3 heterocycles. The molecule has 0 saturated carbocycles. The number of benzene rings is 2. The number of likely N-dealkylation sites (tertiary alicyclic amines) is 1. The van der Waals surface area contributed by atoms with Crippen molar-refractivity contribution in [1.29, 1.82) is 0 Å². The predicted molar refractivity (Wildman–Crippen MR) is 123 cm³/mol. The molecule has 0 spiro atoms. The topological polar surface area (TPSA) is 88.5 Å². The first-order valence-electron chi connectivity index (χ1n) is 11.3. The quantitative estimate of drug-likeness (QED) is 0.684. The van der Waals surface area contributed by atoms with Gasteiger partial charge in [-0.3, -0.25) is 4.79 Å². The van der Waals surface area contributed by atoms with E-state index >= 15 is 0 Å². The van der Waals surface area contributed by atoms with Crippen LogP contribution in [0, 0.1) is 5.92 Å². The van der Waals surface area contributed by atoms with E-state index in [1.807, 2.05) is 41.0 Å². The number of amidine groups is 1. The minimum Gasteiger partial charge on any atom is -0.486 e. The first-order chi connectivity index (χ1) is 16.0. The molecule has 174 valence electrons. The molecule has 9 heteroatoms. The van der Waals surface area contributed by atoms with Crippen molar-refractivity contribution in [3.05, 3.63) is 53.6 Å². The Kier molecular flexibility index (Phi) is 5.74. The molecule has 5 rings (SSSR count). The molecule has 1 fully saturated rings. The first-order valence-corrected chi connectivity index (χ1v) is 12.8. The standard InChI is InChI=1S/C24H27N3O5S/c1-2-26(16-18-6-5-8-20-22(18)32-15-14-31-20)24(28)17-10-12-27(13-11-17)23-19-7-3-4-9-21(19)33(29,30)25-23/h3-9,17H,2,10-16H2,1H3. The lowest BCUT2D eigenvalue weighted by molar-refractivity contribution is -0.137. The summed E-state index contributed by atoms with van der Waals surface area (Å²) in [5, 5.41) is 0. The van der Waals surface area contributed by atoms with E-state index in [0.717, 1.165) is 17.1 Å². The molecule has 2 aromatic carbocycles. The Morgan fingerprint density at radius 3 is 2.64 bits per heavy atom. The zero-order valence-corrected chi connectivity index (χ0v) is 19.4. The van der Waals surface area contributed by atoms with Gasteiger partial charge in [0.15, 0.2) is 17.3 Å². The van der Waals surface area contributed by atoms with Gasteiger partial charge in [-0.15, -0.1) is 4.40 Å². The van der Waals surface area contributed by atoms with E-state index in [1.165, 1.54) is 0 Å². The summed E-state index contributed by atoms with van der Waals surface area (Å²) in [4.78, 5) is 17.4. The van der Waals surface area contributed by atoms with Crippen molar-refractivity contribution >= 4 is 21.8 Å². The summed E-state index contributed by atoms with van der Waals surface area (Å²) in [6.07, 6.45) is 1.31. The van der Waals surface area contributed by atoms with Crippen LogP contribution in [-0.2, 0) is 21.4 Å². The summed E-state index contributed by atoms with van der Waals surface area (Å²) < 4.78 is 40.3. The van der Waals surface area contributed by atoms with Gasteiger partial charge in [0.25, 0.3) is 10.0 Å². The van der Waals surface area contributed by atoms with Gasteiger partial charge in [0.1, 0.15) is 18.1 Å². The fraction of sp³-hybridized carbons (Fsp3) is 0.417. The van der Waals surface area contributed by atoms with E-state index in [1.54, 1.807) is 18.2 Å². The van der Waals surface area contributed by atoms with E-state index in [-0.39, 0.29) is 16.7 Å². The number of carbonyl (C=O) groups excluding carboxylic acids is 1. The van der Waals surface area contributed by atoms with Crippen molar-refractivity contribution in [2.45, 2.75) is 31.2 Å². The minimum absolute atomic E-state index is 0.105. The molecule has 8 nitrogen and oxygen atoms in total. The number of sulfonamides is 1. The third-order valence-corrected chi connectivity index (χ3v) is 7.78. The van der Waals surface area contributed by atoms with E-state index in [0.29, 0.717) is 63.6 Å². The maximum Gasteiger partial charge on any atom is 0.285 e. The molecule has 1 saturated heterocycles. The molecular formula is C24H27N3O5S. The summed E-state index contributed by atoms with van der Waals surface area (Å²) in [6, 6.07) is 12.7. The highest BCUT2D eigenvalue weighted by Gasteiger charge is 2.35. The Bertz CT molecular complexity index is 1200. The third kappa shape index (κ3) is 4.06. The van der Waals surface area contributed by atoms with Gasteiger partial charge >= 0.3 is 0 Å².